The van der Waals surface area contributed by atoms with E-state index in [1.165, 1.54) is 10.5 Å². The minimum atomic E-state index is -0.133. The van der Waals surface area contributed by atoms with Crippen molar-refractivity contribution in [3.63, 3.8) is 0 Å². The zero-order valence-electron chi connectivity index (χ0n) is 15.2. The molecular weight excluding hydrogens is 322 g/mol. The van der Waals surface area contributed by atoms with Gasteiger partial charge in [0.05, 0.1) is 17.5 Å². The average Bonchev–Trinajstić information content (AvgIpc) is 3.31. The van der Waals surface area contributed by atoms with Crippen LogP contribution in [0.2, 0.25) is 0 Å². The second kappa shape index (κ2) is 5.54. The Labute approximate surface area is 154 Å². The number of amides is 2. The Hall–Kier alpha value is -2.42. The van der Waals surface area contributed by atoms with Crippen LogP contribution in [-0.2, 0) is 9.59 Å². The number of carbonyl (C=O) groups is 2. The molecule has 132 valence electrons. The third-order valence-electron chi connectivity index (χ3n) is 7.06. The number of nitrogens with zero attached hydrogens (tertiary/aromatic N) is 1. The molecule has 26 heavy (non-hydrogen) atoms. The largest absolute Gasteiger partial charge is 0.274 e. The fourth-order valence-corrected chi connectivity index (χ4v) is 5.76. The molecule has 1 heterocycles. The number of imide groups is 1. The van der Waals surface area contributed by atoms with Crippen LogP contribution in [0.15, 0.2) is 48.5 Å². The predicted molar refractivity (Wildman–Crippen MR) is 101 cm³/mol. The van der Waals surface area contributed by atoms with E-state index in [2.05, 4.69) is 24.3 Å². The molecule has 5 unspecified atom stereocenters. The summed E-state index contributed by atoms with van der Waals surface area (Å²) in [7, 11) is 0. The van der Waals surface area contributed by atoms with Gasteiger partial charge >= 0.3 is 0 Å². The number of aryl methyl sites for hydroxylation is 1. The van der Waals surface area contributed by atoms with Gasteiger partial charge in [-0.05, 0) is 67.2 Å². The van der Waals surface area contributed by atoms with E-state index in [0.29, 0.717) is 17.8 Å². The highest BCUT2D eigenvalue weighted by Gasteiger charge is 2.64. The van der Waals surface area contributed by atoms with Crippen LogP contribution in [0.5, 0.6) is 0 Å². The molecule has 3 heteroatoms. The summed E-state index contributed by atoms with van der Waals surface area (Å²) in [6, 6.07) is 16.4. The molecule has 5 atom stereocenters. The van der Waals surface area contributed by atoms with Gasteiger partial charge in [0.2, 0.25) is 11.8 Å². The van der Waals surface area contributed by atoms with E-state index in [1.54, 1.807) is 0 Å². The van der Waals surface area contributed by atoms with E-state index in [0.717, 1.165) is 29.7 Å². The number of fused-ring (bicyclic) bond motifs is 5. The maximum Gasteiger partial charge on any atom is 0.238 e. The number of benzene rings is 2. The number of carbonyl (C=O) groups excluding carboxylic acids is 2. The minimum Gasteiger partial charge on any atom is -0.274 e. The van der Waals surface area contributed by atoms with Crippen LogP contribution in [0.25, 0.3) is 0 Å². The third-order valence-corrected chi connectivity index (χ3v) is 7.06. The van der Waals surface area contributed by atoms with Crippen molar-refractivity contribution >= 4 is 17.5 Å². The van der Waals surface area contributed by atoms with Crippen molar-refractivity contribution in [3.05, 3.63) is 65.2 Å². The second-order valence-electron chi connectivity index (χ2n) is 8.20. The first-order valence-electron chi connectivity index (χ1n) is 9.57. The van der Waals surface area contributed by atoms with Gasteiger partial charge in [0.25, 0.3) is 0 Å². The lowest BCUT2D eigenvalue weighted by Crippen LogP contribution is -2.33. The molecule has 2 amide bonds. The molecule has 0 aromatic heterocycles. The van der Waals surface area contributed by atoms with Crippen LogP contribution >= 0.6 is 0 Å². The molecule has 0 radical (unpaired) electrons. The summed E-state index contributed by atoms with van der Waals surface area (Å²) in [4.78, 5) is 28.0. The van der Waals surface area contributed by atoms with E-state index in [4.69, 9.17) is 0 Å². The van der Waals surface area contributed by atoms with Crippen molar-refractivity contribution in [1.29, 1.82) is 0 Å². The molecule has 2 aromatic rings. The average molecular weight is 345 g/mol. The Kier molecular flexibility index (Phi) is 3.37. The van der Waals surface area contributed by atoms with Crippen LogP contribution in [0, 0.1) is 37.5 Å². The Bertz CT molecular complexity index is 904. The first-order chi connectivity index (χ1) is 12.6. The van der Waals surface area contributed by atoms with Gasteiger partial charge in [0, 0.05) is 0 Å². The molecule has 2 aliphatic carbocycles. The summed E-state index contributed by atoms with van der Waals surface area (Å²) in [5.41, 5.74) is 4.25. The van der Waals surface area contributed by atoms with Gasteiger partial charge in [-0.1, -0.05) is 42.5 Å². The number of rotatable bonds is 2. The molecule has 2 saturated carbocycles. The first-order valence-corrected chi connectivity index (χ1v) is 9.57. The van der Waals surface area contributed by atoms with E-state index < -0.39 is 0 Å². The zero-order valence-corrected chi connectivity index (χ0v) is 15.2. The molecule has 3 nitrogen and oxygen atoms in total. The zero-order chi connectivity index (χ0) is 18.0. The summed E-state index contributed by atoms with van der Waals surface area (Å²) in [6.45, 7) is 4.03. The summed E-state index contributed by atoms with van der Waals surface area (Å²) in [5, 5.41) is 0. The van der Waals surface area contributed by atoms with E-state index in [1.807, 2.05) is 38.1 Å². The lowest BCUT2D eigenvalue weighted by Gasteiger charge is -2.28. The highest BCUT2D eigenvalue weighted by atomic mass is 16.2. The standard InChI is InChI=1S/C23H23NO2/c1-13-7-6-10-19(14(13)2)24-22(25)20-16-11-17(15-8-4-3-5-9-15)18(12-16)21(20)23(24)26/h3-10,16-18,20-21H,11-12H2,1-2H3. The highest BCUT2D eigenvalue weighted by molar-refractivity contribution is 6.23. The highest BCUT2D eigenvalue weighted by Crippen LogP contribution is 2.62. The Balaban J connectivity index is 1.52. The normalized spacial score (nSPS) is 32.4. The molecule has 2 aromatic carbocycles. The molecule has 1 aliphatic heterocycles. The molecule has 5 rings (SSSR count). The smallest absolute Gasteiger partial charge is 0.238 e. The van der Waals surface area contributed by atoms with Crippen LogP contribution in [0.1, 0.15) is 35.4 Å². The van der Waals surface area contributed by atoms with Gasteiger partial charge < -0.3 is 0 Å². The molecule has 3 fully saturated rings. The third kappa shape index (κ3) is 2.00. The fourth-order valence-electron chi connectivity index (χ4n) is 5.76. The quantitative estimate of drug-likeness (QED) is 0.764. The van der Waals surface area contributed by atoms with Crippen LogP contribution in [-0.4, -0.2) is 11.8 Å². The van der Waals surface area contributed by atoms with Gasteiger partial charge in [-0.15, -0.1) is 0 Å². The lowest BCUT2D eigenvalue weighted by atomic mass is 9.73. The Morgan fingerprint density at radius 3 is 2.35 bits per heavy atom. The molecule has 3 aliphatic rings. The second-order valence-corrected chi connectivity index (χ2v) is 8.20. The molecule has 1 saturated heterocycles. The maximum absolute atomic E-state index is 13.3. The summed E-state index contributed by atoms with van der Waals surface area (Å²) >= 11 is 0. The van der Waals surface area contributed by atoms with E-state index in [-0.39, 0.29) is 23.7 Å². The van der Waals surface area contributed by atoms with Crippen molar-refractivity contribution in [2.24, 2.45) is 23.7 Å². The Morgan fingerprint density at radius 2 is 1.58 bits per heavy atom. The van der Waals surface area contributed by atoms with Gasteiger partial charge in [0.1, 0.15) is 0 Å². The summed E-state index contributed by atoms with van der Waals surface area (Å²) in [6.07, 6.45) is 2.06. The Morgan fingerprint density at radius 1 is 0.846 bits per heavy atom. The number of anilines is 1. The monoisotopic (exact) mass is 345 g/mol. The minimum absolute atomic E-state index is 0.0295. The van der Waals surface area contributed by atoms with Crippen LogP contribution in [0.4, 0.5) is 5.69 Å². The topological polar surface area (TPSA) is 37.4 Å². The van der Waals surface area contributed by atoms with Crippen molar-refractivity contribution in [2.75, 3.05) is 4.90 Å². The lowest BCUT2D eigenvalue weighted by molar-refractivity contribution is -0.123. The number of hydrogen-bond acceptors (Lipinski definition) is 2. The molecule has 0 spiro atoms. The van der Waals surface area contributed by atoms with Gasteiger partial charge in [-0.2, -0.15) is 0 Å². The van der Waals surface area contributed by atoms with E-state index >= 15 is 0 Å². The van der Waals surface area contributed by atoms with Crippen LogP contribution < -0.4 is 4.90 Å². The van der Waals surface area contributed by atoms with Gasteiger partial charge in [-0.25, -0.2) is 4.90 Å². The summed E-state index contributed by atoms with van der Waals surface area (Å²) < 4.78 is 0. The van der Waals surface area contributed by atoms with Crippen LogP contribution in [0.3, 0.4) is 0 Å². The van der Waals surface area contributed by atoms with E-state index in [9.17, 15) is 9.59 Å². The maximum atomic E-state index is 13.3. The predicted octanol–water partition coefficient (Wildman–Crippen LogP) is 4.23. The van der Waals surface area contributed by atoms with Gasteiger partial charge in [-0.3, -0.25) is 9.59 Å². The SMILES string of the molecule is Cc1cccc(N2C(=O)C3C4CC(c5ccccc5)C(C4)C3C2=O)c1C. The fraction of sp³-hybridized carbons (Fsp3) is 0.391. The summed E-state index contributed by atoms with van der Waals surface area (Å²) in [5.74, 6) is 0.895. The molecule has 2 bridgehead atoms. The van der Waals surface area contributed by atoms with Crippen molar-refractivity contribution in [3.8, 4) is 0 Å². The van der Waals surface area contributed by atoms with Crippen molar-refractivity contribution < 1.29 is 9.59 Å². The van der Waals surface area contributed by atoms with Crippen molar-refractivity contribution in [1.82, 2.24) is 0 Å². The van der Waals surface area contributed by atoms with Gasteiger partial charge in [0.15, 0.2) is 0 Å². The molecular formula is C23H23NO2. The number of hydrogen-bond donors (Lipinski definition) is 0. The van der Waals surface area contributed by atoms with Crippen molar-refractivity contribution in [2.45, 2.75) is 32.6 Å². The molecule has 0 N–H and O–H groups in total. The first kappa shape index (κ1) is 15.8.